The van der Waals surface area contributed by atoms with Gasteiger partial charge in [-0.1, -0.05) is 0 Å². The number of carbonyl (C=O) groups is 1. The molecule has 1 amide bonds. The van der Waals surface area contributed by atoms with E-state index in [4.69, 9.17) is 0 Å². The fourth-order valence-corrected chi connectivity index (χ4v) is 2.06. The maximum atomic E-state index is 12.7. The minimum atomic E-state index is -4.54. The molecule has 2 rings (SSSR count). The van der Waals surface area contributed by atoms with E-state index in [-0.39, 0.29) is 12.2 Å². The topological polar surface area (TPSA) is 56.0 Å². The van der Waals surface area contributed by atoms with Gasteiger partial charge in [0.15, 0.2) is 5.69 Å². The van der Waals surface area contributed by atoms with E-state index < -0.39 is 17.8 Å². The van der Waals surface area contributed by atoms with Gasteiger partial charge in [0.05, 0.1) is 6.20 Å². The van der Waals surface area contributed by atoms with Crippen LogP contribution >= 0.6 is 0 Å². The molecule has 0 aliphatic rings. The number of aromatic nitrogens is 4. The molecule has 0 aliphatic carbocycles. The summed E-state index contributed by atoms with van der Waals surface area (Å²) in [4.78, 5) is 13.5. The second-order valence-corrected chi connectivity index (χ2v) is 5.08. The van der Waals surface area contributed by atoms with Crippen LogP contribution in [0.2, 0.25) is 0 Å². The molecule has 0 saturated heterocycles. The van der Waals surface area contributed by atoms with Gasteiger partial charge in [0.25, 0.3) is 5.91 Å². The minimum absolute atomic E-state index is 0.237. The number of amides is 1. The molecule has 0 saturated carbocycles. The molecule has 9 heteroatoms. The quantitative estimate of drug-likeness (QED) is 0.867. The highest BCUT2D eigenvalue weighted by Crippen LogP contribution is 2.29. The second kappa shape index (κ2) is 5.47. The third-order valence-corrected chi connectivity index (χ3v) is 3.48. The first-order valence-electron chi connectivity index (χ1n) is 6.45. The molecule has 2 aromatic rings. The highest BCUT2D eigenvalue weighted by molar-refractivity contribution is 5.92. The summed E-state index contributed by atoms with van der Waals surface area (Å²) in [5.74, 6) is -0.575. The Bertz CT molecular complexity index is 701. The number of carbonyl (C=O) groups excluding carboxylic acids is 1. The molecule has 22 heavy (non-hydrogen) atoms. The van der Waals surface area contributed by atoms with Gasteiger partial charge in [-0.3, -0.25) is 14.2 Å². The summed E-state index contributed by atoms with van der Waals surface area (Å²) in [6.45, 7) is 2.10. The van der Waals surface area contributed by atoms with E-state index in [1.54, 1.807) is 17.9 Å². The van der Waals surface area contributed by atoms with Gasteiger partial charge in [-0.05, 0) is 6.92 Å². The molecule has 0 spiro atoms. The number of alkyl halides is 3. The Morgan fingerprint density at radius 2 is 1.95 bits per heavy atom. The van der Waals surface area contributed by atoms with E-state index in [0.717, 1.165) is 24.4 Å². The summed E-state index contributed by atoms with van der Waals surface area (Å²) < 4.78 is 40.5. The zero-order chi connectivity index (χ0) is 16.7. The lowest BCUT2D eigenvalue weighted by Gasteiger charge is -2.15. The van der Waals surface area contributed by atoms with Crippen LogP contribution in [-0.4, -0.2) is 37.4 Å². The summed E-state index contributed by atoms with van der Waals surface area (Å²) >= 11 is 0. The smallest absolute Gasteiger partial charge is 0.336 e. The maximum absolute atomic E-state index is 12.7. The molecule has 0 aromatic carbocycles. The van der Waals surface area contributed by atoms with Crippen LogP contribution in [0.25, 0.3) is 0 Å². The predicted molar refractivity (Wildman–Crippen MR) is 72.0 cm³/mol. The molecule has 0 aliphatic heterocycles. The molecule has 0 radical (unpaired) electrons. The highest BCUT2D eigenvalue weighted by Gasteiger charge is 2.36. The van der Waals surface area contributed by atoms with Crippen molar-refractivity contribution < 1.29 is 18.0 Å². The van der Waals surface area contributed by atoms with Gasteiger partial charge in [0.1, 0.15) is 5.69 Å². The van der Waals surface area contributed by atoms with Crippen LogP contribution in [0.5, 0.6) is 0 Å². The standard InChI is InChI=1S/C13H16F3N5O/c1-8-9(6-17-20(8)3)7-19(2)12(22)10-5-11(13(14,15)16)21(4)18-10/h5-6H,7H2,1-4H3. The Balaban J connectivity index is 2.19. The molecule has 0 unspecified atom stereocenters. The highest BCUT2D eigenvalue weighted by atomic mass is 19.4. The summed E-state index contributed by atoms with van der Waals surface area (Å²) in [5, 5.41) is 7.71. The van der Waals surface area contributed by atoms with Gasteiger partial charge in [-0.25, -0.2) is 0 Å². The van der Waals surface area contributed by atoms with E-state index in [1.165, 1.54) is 11.9 Å². The number of nitrogens with zero attached hydrogens (tertiary/aromatic N) is 5. The van der Waals surface area contributed by atoms with Gasteiger partial charge >= 0.3 is 6.18 Å². The Labute approximate surface area is 125 Å². The molecule has 2 aromatic heterocycles. The van der Waals surface area contributed by atoms with Gasteiger partial charge in [-0.15, -0.1) is 0 Å². The lowest BCUT2D eigenvalue weighted by Crippen LogP contribution is -2.26. The van der Waals surface area contributed by atoms with E-state index >= 15 is 0 Å². The third-order valence-electron chi connectivity index (χ3n) is 3.48. The number of hydrogen-bond donors (Lipinski definition) is 0. The summed E-state index contributed by atoms with van der Waals surface area (Å²) in [5.41, 5.74) is 0.516. The van der Waals surface area contributed by atoms with Crippen LogP contribution in [0.4, 0.5) is 13.2 Å². The van der Waals surface area contributed by atoms with Crippen molar-refractivity contribution in [3.8, 4) is 0 Å². The number of aryl methyl sites for hydroxylation is 2. The van der Waals surface area contributed by atoms with Crippen molar-refractivity contribution in [2.45, 2.75) is 19.6 Å². The Morgan fingerprint density at radius 1 is 1.32 bits per heavy atom. The van der Waals surface area contributed by atoms with Gasteiger partial charge in [0.2, 0.25) is 0 Å². The van der Waals surface area contributed by atoms with Crippen molar-refractivity contribution >= 4 is 5.91 Å². The largest absolute Gasteiger partial charge is 0.433 e. The van der Waals surface area contributed by atoms with Crippen LogP contribution in [0, 0.1) is 6.92 Å². The molecular weight excluding hydrogens is 299 g/mol. The minimum Gasteiger partial charge on any atom is -0.336 e. The average Bonchev–Trinajstić information content (AvgIpc) is 2.95. The first kappa shape index (κ1) is 16.1. The molecule has 120 valence electrons. The van der Waals surface area contributed by atoms with Crippen LogP contribution < -0.4 is 0 Å². The normalized spacial score (nSPS) is 11.8. The SMILES string of the molecule is Cc1c(CN(C)C(=O)c2cc(C(F)(F)F)n(C)n2)cnn1C. The molecule has 0 fully saturated rings. The maximum Gasteiger partial charge on any atom is 0.433 e. The second-order valence-electron chi connectivity index (χ2n) is 5.08. The zero-order valence-corrected chi connectivity index (χ0v) is 12.6. The number of halogens is 3. The molecular formula is C13H16F3N5O. The van der Waals surface area contributed by atoms with Crippen LogP contribution in [0.15, 0.2) is 12.3 Å². The predicted octanol–water partition coefficient (Wildman–Crippen LogP) is 1.75. The number of hydrogen-bond acceptors (Lipinski definition) is 3. The Hall–Kier alpha value is -2.32. The van der Waals surface area contributed by atoms with Crippen molar-refractivity contribution in [2.24, 2.45) is 14.1 Å². The third kappa shape index (κ3) is 2.97. The van der Waals surface area contributed by atoms with Gasteiger partial charge < -0.3 is 4.90 Å². The molecule has 6 nitrogen and oxygen atoms in total. The van der Waals surface area contributed by atoms with Crippen LogP contribution in [0.1, 0.15) is 27.4 Å². The van der Waals surface area contributed by atoms with Crippen molar-refractivity contribution in [1.82, 2.24) is 24.5 Å². The monoisotopic (exact) mass is 315 g/mol. The van der Waals surface area contributed by atoms with Crippen molar-refractivity contribution in [1.29, 1.82) is 0 Å². The van der Waals surface area contributed by atoms with Crippen LogP contribution in [0.3, 0.4) is 0 Å². The summed E-state index contributed by atoms with van der Waals surface area (Å²) in [7, 11) is 4.44. The van der Waals surface area contributed by atoms with E-state index in [0.29, 0.717) is 4.68 Å². The van der Waals surface area contributed by atoms with E-state index in [2.05, 4.69) is 10.2 Å². The fourth-order valence-electron chi connectivity index (χ4n) is 2.06. The zero-order valence-electron chi connectivity index (χ0n) is 12.6. The molecule has 2 heterocycles. The summed E-state index contributed by atoms with van der Waals surface area (Å²) in [6.07, 6.45) is -2.92. The summed E-state index contributed by atoms with van der Waals surface area (Å²) in [6, 6.07) is 0.759. The molecule has 0 N–H and O–H groups in total. The van der Waals surface area contributed by atoms with Crippen LogP contribution in [-0.2, 0) is 26.8 Å². The van der Waals surface area contributed by atoms with Crippen molar-refractivity contribution in [3.63, 3.8) is 0 Å². The van der Waals surface area contributed by atoms with Crippen molar-refractivity contribution in [2.75, 3.05) is 7.05 Å². The Morgan fingerprint density at radius 3 is 2.41 bits per heavy atom. The van der Waals surface area contributed by atoms with E-state index in [1.807, 2.05) is 6.92 Å². The van der Waals surface area contributed by atoms with E-state index in [9.17, 15) is 18.0 Å². The first-order chi connectivity index (χ1) is 10.1. The molecule has 0 bridgehead atoms. The molecule has 0 atom stereocenters. The Kier molecular flexibility index (Phi) is 3.99. The lowest BCUT2D eigenvalue weighted by molar-refractivity contribution is -0.143. The van der Waals surface area contributed by atoms with Gasteiger partial charge in [-0.2, -0.15) is 23.4 Å². The first-order valence-corrected chi connectivity index (χ1v) is 6.45. The average molecular weight is 315 g/mol. The number of rotatable bonds is 3. The van der Waals surface area contributed by atoms with Crippen molar-refractivity contribution in [3.05, 3.63) is 34.9 Å². The fraction of sp³-hybridized carbons (Fsp3) is 0.462. The van der Waals surface area contributed by atoms with Gasteiger partial charge in [0, 0.05) is 45.0 Å². The lowest BCUT2D eigenvalue weighted by atomic mass is 10.2.